The second kappa shape index (κ2) is 5.49. The number of aromatic nitrogens is 2. The standard InChI is InChI=1S/C14H16N2O2/c1-3-13-15-7-8-16(13)10-11-5-4-6-12(9-11)14(17)18-2/h4-9H,3,10H2,1-2H3. The molecular formula is C14H16N2O2. The van der Waals surface area contributed by atoms with Gasteiger partial charge < -0.3 is 9.30 Å². The molecule has 0 amide bonds. The number of nitrogens with zero attached hydrogens (tertiary/aromatic N) is 2. The zero-order valence-electron chi connectivity index (χ0n) is 10.6. The summed E-state index contributed by atoms with van der Waals surface area (Å²) >= 11 is 0. The van der Waals surface area contributed by atoms with E-state index in [0.29, 0.717) is 12.1 Å². The summed E-state index contributed by atoms with van der Waals surface area (Å²) in [4.78, 5) is 15.7. The lowest BCUT2D eigenvalue weighted by Crippen LogP contribution is -2.06. The first-order chi connectivity index (χ1) is 8.74. The molecule has 1 heterocycles. The smallest absolute Gasteiger partial charge is 0.337 e. The number of hydrogen-bond donors (Lipinski definition) is 0. The molecule has 94 valence electrons. The molecule has 4 nitrogen and oxygen atoms in total. The fourth-order valence-electron chi connectivity index (χ4n) is 1.91. The van der Waals surface area contributed by atoms with E-state index in [-0.39, 0.29) is 5.97 Å². The Bertz CT molecular complexity index is 546. The van der Waals surface area contributed by atoms with E-state index < -0.39 is 0 Å². The van der Waals surface area contributed by atoms with Crippen molar-refractivity contribution >= 4 is 5.97 Å². The molecule has 2 rings (SSSR count). The summed E-state index contributed by atoms with van der Waals surface area (Å²) in [6.45, 7) is 2.79. The Balaban J connectivity index is 2.22. The van der Waals surface area contributed by atoms with Crippen LogP contribution in [0.5, 0.6) is 0 Å². The predicted octanol–water partition coefficient (Wildman–Crippen LogP) is 2.28. The third kappa shape index (κ3) is 2.59. The van der Waals surface area contributed by atoms with Crippen LogP contribution in [0.15, 0.2) is 36.7 Å². The van der Waals surface area contributed by atoms with E-state index in [1.807, 2.05) is 24.4 Å². The quantitative estimate of drug-likeness (QED) is 0.775. The van der Waals surface area contributed by atoms with Gasteiger partial charge >= 0.3 is 5.97 Å². The molecule has 0 N–H and O–H groups in total. The Morgan fingerprint density at radius 3 is 3.00 bits per heavy atom. The summed E-state index contributed by atoms with van der Waals surface area (Å²) in [7, 11) is 1.39. The molecule has 0 atom stereocenters. The highest BCUT2D eigenvalue weighted by Gasteiger charge is 2.07. The van der Waals surface area contributed by atoms with Gasteiger partial charge in [0.15, 0.2) is 0 Å². The average molecular weight is 244 g/mol. The van der Waals surface area contributed by atoms with Crippen molar-refractivity contribution in [2.75, 3.05) is 7.11 Å². The normalized spacial score (nSPS) is 10.3. The monoisotopic (exact) mass is 244 g/mol. The molecule has 0 fully saturated rings. The van der Waals surface area contributed by atoms with Crippen molar-refractivity contribution in [3.8, 4) is 0 Å². The fraction of sp³-hybridized carbons (Fsp3) is 0.286. The molecule has 0 aliphatic heterocycles. The molecule has 2 aromatic rings. The number of imidazole rings is 1. The van der Waals surface area contributed by atoms with Crippen LogP contribution in [-0.4, -0.2) is 22.6 Å². The minimum atomic E-state index is -0.307. The maximum atomic E-state index is 11.4. The minimum Gasteiger partial charge on any atom is -0.465 e. The Labute approximate surface area is 106 Å². The molecule has 1 aromatic heterocycles. The number of esters is 1. The summed E-state index contributed by atoms with van der Waals surface area (Å²) in [5.74, 6) is 0.733. The van der Waals surface area contributed by atoms with Crippen LogP contribution in [0.1, 0.15) is 28.7 Å². The van der Waals surface area contributed by atoms with Crippen LogP contribution in [0.3, 0.4) is 0 Å². The molecule has 0 aliphatic rings. The first-order valence-electron chi connectivity index (χ1n) is 5.92. The van der Waals surface area contributed by atoms with Crippen molar-refractivity contribution in [1.82, 2.24) is 9.55 Å². The van der Waals surface area contributed by atoms with Crippen molar-refractivity contribution in [2.45, 2.75) is 19.9 Å². The van der Waals surface area contributed by atoms with Crippen molar-refractivity contribution in [2.24, 2.45) is 0 Å². The number of methoxy groups -OCH3 is 1. The topological polar surface area (TPSA) is 44.1 Å². The minimum absolute atomic E-state index is 0.307. The Hall–Kier alpha value is -2.10. The van der Waals surface area contributed by atoms with Gasteiger partial charge in [0, 0.05) is 25.4 Å². The number of hydrogen-bond acceptors (Lipinski definition) is 3. The van der Waals surface area contributed by atoms with Crippen LogP contribution in [0.2, 0.25) is 0 Å². The molecule has 0 saturated carbocycles. The van der Waals surface area contributed by atoms with Crippen molar-refractivity contribution < 1.29 is 9.53 Å². The van der Waals surface area contributed by atoms with Crippen molar-refractivity contribution in [3.05, 3.63) is 53.6 Å². The zero-order valence-corrected chi connectivity index (χ0v) is 10.6. The number of carbonyl (C=O) groups excluding carboxylic acids is 1. The van der Waals surface area contributed by atoms with Crippen molar-refractivity contribution in [1.29, 1.82) is 0 Å². The Kier molecular flexibility index (Phi) is 3.77. The van der Waals surface area contributed by atoms with E-state index in [4.69, 9.17) is 4.74 Å². The number of carbonyl (C=O) groups is 1. The van der Waals surface area contributed by atoms with Crippen LogP contribution in [-0.2, 0) is 17.7 Å². The third-order valence-electron chi connectivity index (χ3n) is 2.82. The lowest BCUT2D eigenvalue weighted by Gasteiger charge is -2.07. The summed E-state index contributed by atoms with van der Waals surface area (Å²) in [6.07, 6.45) is 4.64. The van der Waals surface area contributed by atoms with Crippen LogP contribution < -0.4 is 0 Å². The summed E-state index contributed by atoms with van der Waals surface area (Å²) in [5.41, 5.74) is 1.64. The summed E-state index contributed by atoms with van der Waals surface area (Å²) in [6, 6.07) is 7.46. The molecule has 0 spiro atoms. The molecule has 0 bridgehead atoms. The van der Waals surface area contributed by atoms with Crippen LogP contribution >= 0.6 is 0 Å². The van der Waals surface area contributed by atoms with E-state index in [9.17, 15) is 4.79 Å². The van der Waals surface area contributed by atoms with Gasteiger partial charge in [-0.3, -0.25) is 0 Å². The van der Waals surface area contributed by atoms with Crippen LogP contribution in [0.4, 0.5) is 0 Å². The second-order valence-electron chi connectivity index (χ2n) is 4.02. The second-order valence-corrected chi connectivity index (χ2v) is 4.02. The number of rotatable bonds is 4. The number of ether oxygens (including phenoxy) is 1. The molecule has 4 heteroatoms. The summed E-state index contributed by atoms with van der Waals surface area (Å²) < 4.78 is 6.79. The lowest BCUT2D eigenvalue weighted by atomic mass is 10.1. The van der Waals surface area contributed by atoms with E-state index in [1.165, 1.54) is 7.11 Å². The highest BCUT2D eigenvalue weighted by Crippen LogP contribution is 2.10. The maximum absolute atomic E-state index is 11.4. The van der Waals surface area contributed by atoms with Gasteiger partial charge in [0.1, 0.15) is 5.82 Å². The van der Waals surface area contributed by atoms with E-state index in [1.54, 1.807) is 12.3 Å². The molecule has 0 aliphatic carbocycles. The molecule has 0 unspecified atom stereocenters. The SMILES string of the molecule is CCc1nccn1Cc1cccc(C(=O)OC)c1. The third-order valence-corrected chi connectivity index (χ3v) is 2.82. The first kappa shape index (κ1) is 12.4. The predicted molar refractivity (Wildman–Crippen MR) is 68.5 cm³/mol. The Morgan fingerprint density at radius 1 is 1.44 bits per heavy atom. The zero-order chi connectivity index (χ0) is 13.0. The lowest BCUT2D eigenvalue weighted by molar-refractivity contribution is 0.0600. The highest BCUT2D eigenvalue weighted by atomic mass is 16.5. The van der Waals surface area contributed by atoms with Crippen LogP contribution in [0.25, 0.3) is 0 Å². The summed E-state index contributed by atoms with van der Waals surface area (Å²) in [5, 5.41) is 0. The van der Waals surface area contributed by atoms with E-state index in [0.717, 1.165) is 17.8 Å². The number of aryl methyl sites for hydroxylation is 1. The van der Waals surface area contributed by atoms with Gasteiger partial charge in [-0.05, 0) is 17.7 Å². The van der Waals surface area contributed by atoms with Crippen LogP contribution in [0, 0.1) is 0 Å². The molecule has 0 saturated heterocycles. The van der Waals surface area contributed by atoms with Gasteiger partial charge in [-0.15, -0.1) is 0 Å². The van der Waals surface area contributed by atoms with Crippen molar-refractivity contribution in [3.63, 3.8) is 0 Å². The molecule has 0 radical (unpaired) electrons. The van der Waals surface area contributed by atoms with Gasteiger partial charge in [-0.2, -0.15) is 0 Å². The molecular weight excluding hydrogens is 228 g/mol. The van der Waals surface area contributed by atoms with Gasteiger partial charge in [0.25, 0.3) is 0 Å². The highest BCUT2D eigenvalue weighted by molar-refractivity contribution is 5.89. The molecule has 18 heavy (non-hydrogen) atoms. The number of benzene rings is 1. The van der Waals surface area contributed by atoms with Gasteiger partial charge in [0.2, 0.25) is 0 Å². The van der Waals surface area contributed by atoms with Gasteiger partial charge in [0.05, 0.1) is 12.7 Å². The van der Waals surface area contributed by atoms with Gasteiger partial charge in [-0.1, -0.05) is 19.1 Å². The van der Waals surface area contributed by atoms with E-state index in [2.05, 4.69) is 16.5 Å². The maximum Gasteiger partial charge on any atom is 0.337 e. The first-order valence-corrected chi connectivity index (χ1v) is 5.92. The largest absolute Gasteiger partial charge is 0.465 e. The average Bonchev–Trinajstić information content (AvgIpc) is 2.85. The fourth-order valence-corrected chi connectivity index (χ4v) is 1.91. The molecule has 1 aromatic carbocycles. The van der Waals surface area contributed by atoms with Gasteiger partial charge in [-0.25, -0.2) is 9.78 Å². The Morgan fingerprint density at radius 2 is 2.28 bits per heavy atom. The van der Waals surface area contributed by atoms with E-state index >= 15 is 0 Å².